The van der Waals surface area contributed by atoms with Crippen molar-refractivity contribution in [3.05, 3.63) is 64.7 Å². The van der Waals surface area contributed by atoms with Crippen LogP contribution in [0.1, 0.15) is 18.1 Å². The molecule has 128 valence electrons. The molecule has 6 nitrogen and oxygen atoms in total. The van der Waals surface area contributed by atoms with Gasteiger partial charge in [0.05, 0.1) is 13.3 Å². The highest BCUT2D eigenvalue weighted by molar-refractivity contribution is 6.30. The van der Waals surface area contributed by atoms with Crippen LogP contribution in [0.4, 0.5) is 4.79 Å². The van der Waals surface area contributed by atoms with E-state index in [1.54, 1.807) is 62.6 Å². The van der Waals surface area contributed by atoms with Crippen LogP contribution in [0.25, 0.3) is 0 Å². The van der Waals surface area contributed by atoms with Gasteiger partial charge >= 0.3 is 6.03 Å². The van der Waals surface area contributed by atoms with Crippen LogP contribution in [0, 0.1) is 0 Å². The van der Waals surface area contributed by atoms with Crippen LogP contribution >= 0.6 is 11.6 Å². The Morgan fingerprint density at radius 1 is 1.20 bits per heavy atom. The van der Waals surface area contributed by atoms with Crippen molar-refractivity contribution in [2.75, 3.05) is 7.11 Å². The first-order chi connectivity index (χ1) is 11.9. The second kappa shape index (κ2) is 6.57. The summed E-state index contributed by atoms with van der Waals surface area (Å²) in [5.74, 6) is 0.209. The number of benzene rings is 2. The number of rotatable bonds is 4. The molecule has 3 rings (SSSR count). The van der Waals surface area contributed by atoms with E-state index in [9.17, 15) is 9.59 Å². The Balaban J connectivity index is 1.86. The number of ether oxygens (including phenoxy) is 1. The van der Waals surface area contributed by atoms with Crippen molar-refractivity contribution in [1.82, 2.24) is 10.3 Å². The molecule has 2 aromatic rings. The summed E-state index contributed by atoms with van der Waals surface area (Å²) in [5, 5.41) is 8.07. The van der Waals surface area contributed by atoms with Gasteiger partial charge in [-0.25, -0.2) is 4.79 Å². The average molecular weight is 358 g/mol. The highest BCUT2D eigenvalue weighted by atomic mass is 35.5. The molecule has 1 fully saturated rings. The second-order valence-electron chi connectivity index (χ2n) is 5.70. The molecule has 1 saturated heterocycles. The number of hydrogen-bond acceptors (Lipinski definition) is 4. The third kappa shape index (κ3) is 3.21. The number of hydrogen-bond donors (Lipinski definition) is 1. The van der Waals surface area contributed by atoms with Crippen LogP contribution in [0.15, 0.2) is 53.6 Å². The summed E-state index contributed by atoms with van der Waals surface area (Å²) in [6.07, 6.45) is 1.42. The van der Waals surface area contributed by atoms with Gasteiger partial charge in [-0.05, 0) is 42.3 Å². The number of halogens is 1. The number of nitrogens with one attached hydrogen (secondary N) is 1. The first-order valence-corrected chi connectivity index (χ1v) is 7.92. The first kappa shape index (κ1) is 17.0. The molecule has 0 spiro atoms. The zero-order chi connectivity index (χ0) is 18.0. The maximum absolute atomic E-state index is 12.8. The number of nitrogens with zero attached hydrogens (tertiary/aromatic N) is 2. The molecule has 1 atom stereocenters. The van der Waals surface area contributed by atoms with Gasteiger partial charge in [0.1, 0.15) is 11.3 Å². The molecule has 0 radical (unpaired) electrons. The van der Waals surface area contributed by atoms with Crippen molar-refractivity contribution in [2.24, 2.45) is 5.10 Å². The highest BCUT2D eigenvalue weighted by Gasteiger charge is 2.49. The minimum atomic E-state index is -1.19. The Bertz CT molecular complexity index is 851. The van der Waals surface area contributed by atoms with E-state index in [0.29, 0.717) is 21.9 Å². The molecule has 1 heterocycles. The average Bonchev–Trinajstić information content (AvgIpc) is 2.83. The minimum absolute atomic E-state index is 0.457. The highest BCUT2D eigenvalue weighted by Crippen LogP contribution is 2.30. The van der Waals surface area contributed by atoms with Crippen LogP contribution in [0.3, 0.4) is 0 Å². The zero-order valence-corrected chi connectivity index (χ0v) is 14.4. The van der Waals surface area contributed by atoms with E-state index in [-0.39, 0.29) is 0 Å². The summed E-state index contributed by atoms with van der Waals surface area (Å²) in [6, 6.07) is 13.3. The summed E-state index contributed by atoms with van der Waals surface area (Å²) < 4.78 is 5.11. The molecule has 0 unspecified atom stereocenters. The smallest absolute Gasteiger partial charge is 0.346 e. The predicted octanol–water partition coefficient (Wildman–Crippen LogP) is 3.15. The summed E-state index contributed by atoms with van der Waals surface area (Å²) in [4.78, 5) is 25.0. The quantitative estimate of drug-likeness (QED) is 0.675. The van der Waals surface area contributed by atoms with Crippen LogP contribution in [0.5, 0.6) is 5.75 Å². The van der Waals surface area contributed by atoms with Crippen molar-refractivity contribution in [2.45, 2.75) is 12.5 Å². The number of hydrazone groups is 1. The largest absolute Gasteiger partial charge is 0.497 e. The predicted molar refractivity (Wildman–Crippen MR) is 94.8 cm³/mol. The number of carbonyl (C=O) groups is 2. The lowest BCUT2D eigenvalue weighted by molar-refractivity contribution is -0.131. The lowest BCUT2D eigenvalue weighted by Crippen LogP contribution is -2.40. The van der Waals surface area contributed by atoms with E-state index in [2.05, 4.69) is 10.4 Å². The Morgan fingerprint density at radius 2 is 1.92 bits per heavy atom. The summed E-state index contributed by atoms with van der Waals surface area (Å²) in [5.41, 5.74) is 0.146. The van der Waals surface area contributed by atoms with Gasteiger partial charge in [0.25, 0.3) is 5.91 Å². The lowest BCUT2D eigenvalue weighted by atomic mass is 9.92. The Kier molecular flexibility index (Phi) is 4.46. The third-order valence-corrected chi connectivity index (χ3v) is 4.24. The molecule has 2 aromatic carbocycles. The lowest BCUT2D eigenvalue weighted by Gasteiger charge is -2.21. The minimum Gasteiger partial charge on any atom is -0.497 e. The van der Waals surface area contributed by atoms with Crippen molar-refractivity contribution in [1.29, 1.82) is 0 Å². The van der Waals surface area contributed by atoms with Crippen LogP contribution in [-0.4, -0.2) is 30.3 Å². The Hall–Kier alpha value is -2.86. The maximum Gasteiger partial charge on any atom is 0.346 e. The van der Waals surface area contributed by atoms with Crippen LogP contribution in [-0.2, 0) is 10.3 Å². The van der Waals surface area contributed by atoms with Gasteiger partial charge in [-0.15, -0.1) is 5.01 Å². The van der Waals surface area contributed by atoms with Gasteiger partial charge < -0.3 is 10.1 Å². The van der Waals surface area contributed by atoms with Crippen LogP contribution in [0.2, 0.25) is 5.02 Å². The first-order valence-electron chi connectivity index (χ1n) is 7.55. The van der Waals surface area contributed by atoms with E-state index >= 15 is 0 Å². The molecule has 3 amide bonds. The second-order valence-corrected chi connectivity index (χ2v) is 6.14. The van der Waals surface area contributed by atoms with Gasteiger partial charge in [0.2, 0.25) is 0 Å². The van der Waals surface area contributed by atoms with Gasteiger partial charge in [0.15, 0.2) is 0 Å². The molecule has 25 heavy (non-hydrogen) atoms. The number of urea groups is 1. The third-order valence-electron chi connectivity index (χ3n) is 4.01. The zero-order valence-electron chi connectivity index (χ0n) is 13.7. The molecule has 1 aliphatic heterocycles. The van der Waals surface area contributed by atoms with E-state index in [1.807, 2.05) is 0 Å². The van der Waals surface area contributed by atoms with Gasteiger partial charge in [-0.3, -0.25) is 4.79 Å². The normalized spacial score (nSPS) is 20.2. The summed E-state index contributed by atoms with van der Waals surface area (Å²) in [7, 11) is 1.56. The van der Waals surface area contributed by atoms with Gasteiger partial charge in [0, 0.05) is 5.02 Å². The van der Waals surface area contributed by atoms with Crippen molar-refractivity contribution < 1.29 is 14.3 Å². The van der Waals surface area contributed by atoms with Crippen molar-refractivity contribution in [3.63, 3.8) is 0 Å². The number of imide groups is 1. The summed E-state index contributed by atoms with van der Waals surface area (Å²) >= 11 is 5.92. The van der Waals surface area contributed by atoms with Crippen molar-refractivity contribution >= 4 is 29.8 Å². The molecular weight excluding hydrogens is 342 g/mol. The topological polar surface area (TPSA) is 71.0 Å². The molecule has 0 saturated carbocycles. The van der Waals surface area contributed by atoms with Gasteiger partial charge in [-0.1, -0.05) is 35.9 Å². The van der Waals surface area contributed by atoms with E-state index in [0.717, 1.165) is 5.01 Å². The molecule has 1 aliphatic rings. The monoisotopic (exact) mass is 357 g/mol. The molecule has 0 bridgehead atoms. The number of carbonyl (C=O) groups excluding carboxylic acids is 2. The molecular formula is C18H16ClN3O3. The molecule has 0 aromatic heterocycles. The molecule has 0 aliphatic carbocycles. The van der Waals surface area contributed by atoms with Gasteiger partial charge in [-0.2, -0.15) is 5.10 Å². The molecule has 7 heteroatoms. The number of amides is 3. The Morgan fingerprint density at radius 3 is 2.56 bits per heavy atom. The molecule has 1 N–H and O–H groups in total. The summed E-state index contributed by atoms with van der Waals surface area (Å²) in [6.45, 7) is 1.64. The maximum atomic E-state index is 12.8. The standard InChI is InChI=1S/C18H16ClN3O3/c1-18(13-6-8-15(25-2)9-7-13)16(23)22(17(24)21-18)20-11-12-4-3-5-14(19)10-12/h3-11H,1-2H3,(H,21,24)/b20-11-/t18-/m1/s1. The SMILES string of the molecule is COc1ccc([C@@]2(C)NC(=O)N(/N=C\c3cccc(Cl)c3)C2=O)cc1. The van der Waals surface area contributed by atoms with Crippen molar-refractivity contribution in [3.8, 4) is 5.75 Å². The van der Waals surface area contributed by atoms with E-state index < -0.39 is 17.5 Å². The fourth-order valence-corrected chi connectivity index (χ4v) is 2.76. The van der Waals surface area contributed by atoms with E-state index in [1.165, 1.54) is 6.21 Å². The Labute approximate surface area is 150 Å². The fourth-order valence-electron chi connectivity index (χ4n) is 2.56. The van der Waals surface area contributed by atoms with Crippen LogP contribution < -0.4 is 10.1 Å². The number of methoxy groups -OCH3 is 1. The fraction of sp³-hybridized carbons (Fsp3) is 0.167. The van der Waals surface area contributed by atoms with E-state index in [4.69, 9.17) is 16.3 Å².